The number of alkyl halides is 1. The second kappa shape index (κ2) is 5.28. The number of hydrogen-bond acceptors (Lipinski definition) is 2. The highest BCUT2D eigenvalue weighted by atomic mass is 79.9. The van der Waals surface area contributed by atoms with Crippen LogP contribution in [0, 0.1) is 11.8 Å². The largest absolute Gasteiger partial charge is 0.302 e. The molecular formula is C11H20BrNOS. The minimum atomic E-state index is -0.630. The normalized spacial score (nSPS) is 38.9. The molecule has 2 rings (SSSR count). The van der Waals surface area contributed by atoms with Crippen molar-refractivity contribution in [2.75, 3.05) is 31.6 Å². The van der Waals surface area contributed by atoms with Crippen molar-refractivity contribution in [1.82, 2.24) is 4.90 Å². The van der Waals surface area contributed by atoms with Crippen LogP contribution >= 0.6 is 15.9 Å². The van der Waals surface area contributed by atoms with E-state index in [1.165, 1.54) is 32.4 Å². The lowest BCUT2D eigenvalue weighted by molar-refractivity contribution is 0.309. The van der Waals surface area contributed by atoms with Crippen LogP contribution in [0.5, 0.6) is 0 Å². The van der Waals surface area contributed by atoms with Crippen LogP contribution in [-0.2, 0) is 10.8 Å². The molecule has 0 spiro atoms. The standard InChI is InChI=1S/C11H20BrNOS/c1-15(14)5-4-13-7-9-2-3-11(12)6-10(9)8-13/h9-11H,2-8H2,1H3. The van der Waals surface area contributed by atoms with Crippen molar-refractivity contribution in [3.8, 4) is 0 Å². The Balaban J connectivity index is 1.80. The molecule has 0 aromatic heterocycles. The Bertz CT molecular complexity index is 249. The molecule has 15 heavy (non-hydrogen) atoms. The zero-order valence-corrected chi connectivity index (χ0v) is 11.7. The zero-order chi connectivity index (χ0) is 10.8. The number of hydrogen-bond donors (Lipinski definition) is 0. The second-order valence-electron chi connectivity index (χ2n) is 4.97. The van der Waals surface area contributed by atoms with Gasteiger partial charge in [-0.2, -0.15) is 0 Å². The van der Waals surface area contributed by atoms with Gasteiger partial charge >= 0.3 is 0 Å². The van der Waals surface area contributed by atoms with Gasteiger partial charge in [0, 0.05) is 47.3 Å². The van der Waals surface area contributed by atoms with E-state index in [-0.39, 0.29) is 0 Å². The van der Waals surface area contributed by atoms with E-state index < -0.39 is 10.8 Å². The molecule has 2 fully saturated rings. The van der Waals surface area contributed by atoms with E-state index in [1.807, 2.05) is 0 Å². The van der Waals surface area contributed by atoms with Crippen LogP contribution in [-0.4, -0.2) is 45.6 Å². The number of likely N-dealkylation sites (tertiary alicyclic amines) is 1. The molecule has 0 radical (unpaired) electrons. The van der Waals surface area contributed by atoms with Gasteiger partial charge in [0.1, 0.15) is 0 Å². The summed E-state index contributed by atoms with van der Waals surface area (Å²) in [6, 6.07) is 0. The van der Waals surface area contributed by atoms with Crippen LogP contribution in [0.25, 0.3) is 0 Å². The molecule has 0 aromatic carbocycles. The molecule has 0 bridgehead atoms. The van der Waals surface area contributed by atoms with Gasteiger partial charge in [-0.3, -0.25) is 4.21 Å². The molecule has 4 heteroatoms. The highest BCUT2D eigenvalue weighted by molar-refractivity contribution is 9.09. The topological polar surface area (TPSA) is 20.3 Å². The highest BCUT2D eigenvalue weighted by Gasteiger charge is 2.36. The molecule has 2 nitrogen and oxygen atoms in total. The van der Waals surface area contributed by atoms with Crippen LogP contribution in [0.15, 0.2) is 0 Å². The fourth-order valence-corrected chi connectivity index (χ4v) is 4.17. The molecule has 1 aliphatic heterocycles. The van der Waals surface area contributed by atoms with Crippen LogP contribution in [0.1, 0.15) is 19.3 Å². The molecule has 0 N–H and O–H groups in total. The summed E-state index contributed by atoms with van der Waals surface area (Å²) in [6.07, 6.45) is 5.87. The van der Waals surface area contributed by atoms with Crippen LogP contribution in [0.2, 0.25) is 0 Å². The van der Waals surface area contributed by atoms with E-state index in [9.17, 15) is 4.21 Å². The minimum absolute atomic E-state index is 0.630. The Labute approximate surface area is 103 Å². The van der Waals surface area contributed by atoms with Crippen molar-refractivity contribution in [3.63, 3.8) is 0 Å². The third-order valence-corrected chi connectivity index (χ3v) is 5.35. The summed E-state index contributed by atoms with van der Waals surface area (Å²) in [5, 5.41) is 0. The van der Waals surface area contributed by atoms with Crippen molar-refractivity contribution >= 4 is 26.7 Å². The van der Waals surface area contributed by atoms with Crippen LogP contribution in [0.4, 0.5) is 0 Å². The van der Waals surface area contributed by atoms with E-state index in [2.05, 4.69) is 20.8 Å². The van der Waals surface area contributed by atoms with Gasteiger partial charge in [0.25, 0.3) is 0 Å². The molecule has 2 aliphatic rings. The predicted molar refractivity (Wildman–Crippen MR) is 68.9 cm³/mol. The quantitative estimate of drug-likeness (QED) is 0.741. The molecule has 4 atom stereocenters. The summed E-state index contributed by atoms with van der Waals surface area (Å²) in [5.41, 5.74) is 0. The van der Waals surface area contributed by atoms with E-state index in [1.54, 1.807) is 6.26 Å². The molecule has 1 aliphatic carbocycles. The first kappa shape index (κ1) is 12.1. The van der Waals surface area contributed by atoms with Crippen LogP contribution < -0.4 is 0 Å². The van der Waals surface area contributed by atoms with Crippen LogP contribution in [0.3, 0.4) is 0 Å². The van der Waals surface area contributed by atoms with E-state index in [0.29, 0.717) is 0 Å². The van der Waals surface area contributed by atoms with Crippen molar-refractivity contribution in [2.24, 2.45) is 11.8 Å². The summed E-state index contributed by atoms with van der Waals surface area (Å²) in [4.78, 5) is 3.26. The lowest BCUT2D eigenvalue weighted by atomic mass is 9.82. The smallest absolute Gasteiger partial charge is 0.0359 e. The highest BCUT2D eigenvalue weighted by Crippen LogP contribution is 2.38. The molecule has 0 aromatic rings. The molecule has 1 saturated carbocycles. The number of halogens is 1. The average Bonchev–Trinajstić information content (AvgIpc) is 2.56. The van der Waals surface area contributed by atoms with E-state index >= 15 is 0 Å². The van der Waals surface area contributed by atoms with Gasteiger partial charge in [0.2, 0.25) is 0 Å². The molecule has 0 amide bonds. The monoisotopic (exact) mass is 293 g/mol. The zero-order valence-electron chi connectivity index (χ0n) is 9.32. The van der Waals surface area contributed by atoms with Gasteiger partial charge in [0.05, 0.1) is 0 Å². The Morgan fingerprint density at radius 1 is 1.33 bits per heavy atom. The van der Waals surface area contributed by atoms with Gasteiger partial charge in [0.15, 0.2) is 0 Å². The lowest BCUT2D eigenvalue weighted by Gasteiger charge is -2.27. The summed E-state index contributed by atoms with van der Waals surface area (Å²) in [5.74, 6) is 2.66. The van der Waals surface area contributed by atoms with E-state index in [4.69, 9.17) is 0 Å². The van der Waals surface area contributed by atoms with Gasteiger partial charge in [-0.15, -0.1) is 0 Å². The third-order valence-electron chi connectivity index (χ3n) is 3.76. The first-order valence-corrected chi connectivity index (χ1v) is 8.46. The number of nitrogens with zero attached hydrogens (tertiary/aromatic N) is 1. The summed E-state index contributed by atoms with van der Waals surface area (Å²) in [7, 11) is -0.630. The van der Waals surface area contributed by atoms with Crippen molar-refractivity contribution < 1.29 is 4.21 Å². The van der Waals surface area contributed by atoms with Crippen molar-refractivity contribution in [2.45, 2.75) is 24.1 Å². The van der Waals surface area contributed by atoms with Crippen molar-refractivity contribution in [3.05, 3.63) is 0 Å². The van der Waals surface area contributed by atoms with Gasteiger partial charge in [-0.25, -0.2) is 0 Å². The number of rotatable bonds is 3. The summed E-state index contributed by atoms with van der Waals surface area (Å²) < 4.78 is 11.0. The molecule has 88 valence electrons. The first-order valence-electron chi connectivity index (χ1n) is 5.81. The average molecular weight is 294 g/mol. The van der Waals surface area contributed by atoms with Gasteiger partial charge < -0.3 is 4.90 Å². The van der Waals surface area contributed by atoms with E-state index in [0.717, 1.165) is 29.0 Å². The number of fused-ring (bicyclic) bond motifs is 1. The van der Waals surface area contributed by atoms with Gasteiger partial charge in [-0.1, -0.05) is 15.9 Å². The lowest BCUT2D eigenvalue weighted by Crippen LogP contribution is -2.25. The maximum absolute atomic E-state index is 11.0. The fourth-order valence-electron chi connectivity index (χ4n) is 2.91. The molecule has 1 saturated heterocycles. The Kier molecular flexibility index (Phi) is 4.24. The molecule has 4 unspecified atom stereocenters. The maximum atomic E-state index is 11.0. The van der Waals surface area contributed by atoms with Gasteiger partial charge in [-0.05, 0) is 31.1 Å². The SMILES string of the molecule is CS(=O)CCN1CC2CCC(Br)CC2C1. The molecule has 1 heterocycles. The fraction of sp³-hybridized carbons (Fsp3) is 1.00. The summed E-state index contributed by atoms with van der Waals surface area (Å²) in [6.45, 7) is 3.52. The second-order valence-corrected chi connectivity index (χ2v) is 7.82. The Morgan fingerprint density at radius 2 is 2.07 bits per heavy atom. The minimum Gasteiger partial charge on any atom is -0.302 e. The third kappa shape index (κ3) is 3.27. The Hall–Kier alpha value is 0.590. The summed E-state index contributed by atoms with van der Waals surface area (Å²) >= 11 is 3.74. The maximum Gasteiger partial charge on any atom is 0.0359 e. The van der Waals surface area contributed by atoms with Crippen molar-refractivity contribution in [1.29, 1.82) is 0 Å². The Morgan fingerprint density at radius 3 is 2.80 bits per heavy atom. The first-order chi connectivity index (χ1) is 7.15. The molecular weight excluding hydrogens is 274 g/mol. The predicted octanol–water partition coefficient (Wildman–Crippen LogP) is 1.86.